The monoisotopic (exact) mass is 217 g/mol. The Morgan fingerprint density at radius 2 is 1.75 bits per heavy atom. The van der Waals surface area contributed by atoms with Gasteiger partial charge in [0.2, 0.25) is 11.8 Å². The molecule has 5 heteroatoms. The fourth-order valence-electron chi connectivity index (χ4n) is 1.39. The van der Waals surface area contributed by atoms with Gasteiger partial charge < -0.3 is 4.98 Å². The van der Waals surface area contributed by atoms with Crippen LogP contribution in [-0.2, 0) is 9.59 Å². The lowest BCUT2D eigenvalue weighted by molar-refractivity contribution is -0.124. The van der Waals surface area contributed by atoms with Gasteiger partial charge in [-0.05, 0) is 12.1 Å². The van der Waals surface area contributed by atoms with E-state index in [1.165, 1.54) is 0 Å². The average Bonchev–Trinajstić information content (AvgIpc) is 2.88. The maximum absolute atomic E-state index is 10.1. The molecular weight excluding hydrogens is 206 g/mol. The summed E-state index contributed by atoms with van der Waals surface area (Å²) >= 11 is 0. The van der Waals surface area contributed by atoms with Gasteiger partial charge >= 0.3 is 0 Å². The van der Waals surface area contributed by atoms with E-state index < -0.39 is 0 Å². The largest absolute Gasteiger partial charge is 0.345 e. The van der Waals surface area contributed by atoms with Crippen LogP contribution in [-0.4, -0.2) is 21.8 Å². The van der Waals surface area contributed by atoms with Crippen LogP contribution >= 0.6 is 0 Å². The van der Waals surface area contributed by atoms with Crippen LogP contribution in [0.3, 0.4) is 0 Å². The van der Waals surface area contributed by atoms with Crippen molar-refractivity contribution in [2.45, 2.75) is 12.8 Å². The van der Waals surface area contributed by atoms with Crippen LogP contribution in [0.2, 0.25) is 0 Å². The Balaban J connectivity index is 0.000000125. The number of imide groups is 1. The summed E-state index contributed by atoms with van der Waals surface area (Å²) in [6, 6.07) is 7.94. The summed E-state index contributed by atoms with van der Waals surface area (Å²) in [5, 5.41) is 2.14. The van der Waals surface area contributed by atoms with Gasteiger partial charge in [-0.2, -0.15) is 0 Å². The molecule has 2 amide bonds. The molecule has 0 radical (unpaired) electrons. The fourth-order valence-corrected chi connectivity index (χ4v) is 1.39. The van der Waals surface area contributed by atoms with Crippen molar-refractivity contribution in [3.8, 4) is 0 Å². The highest BCUT2D eigenvalue weighted by Gasteiger charge is 2.15. The predicted octanol–water partition coefficient (Wildman–Crippen LogP) is 0.986. The Kier molecular flexibility index (Phi) is 2.95. The zero-order chi connectivity index (χ0) is 11.4. The molecule has 0 spiro atoms. The Labute approximate surface area is 91.9 Å². The van der Waals surface area contributed by atoms with Crippen LogP contribution in [0, 0.1) is 0 Å². The number of amides is 2. The molecule has 2 N–H and O–H groups in total. The van der Waals surface area contributed by atoms with Gasteiger partial charge in [-0.15, -0.1) is 0 Å². The second-order valence-corrected chi connectivity index (χ2v) is 3.39. The molecule has 2 heterocycles. The summed E-state index contributed by atoms with van der Waals surface area (Å²) in [5.74, 6) is -0.296. The summed E-state index contributed by atoms with van der Waals surface area (Å²) in [5.41, 5.74) is 2.12. The molecule has 16 heavy (non-hydrogen) atoms. The first kappa shape index (κ1) is 10.4. The topological polar surface area (TPSA) is 74.8 Å². The van der Waals surface area contributed by atoms with Crippen LogP contribution < -0.4 is 5.32 Å². The summed E-state index contributed by atoms with van der Waals surface area (Å²) in [4.78, 5) is 27.3. The van der Waals surface area contributed by atoms with E-state index in [-0.39, 0.29) is 11.8 Å². The molecule has 3 rings (SSSR count). The minimum Gasteiger partial charge on any atom is -0.345 e. The zero-order valence-corrected chi connectivity index (χ0v) is 8.56. The molecule has 1 aliphatic heterocycles. The lowest BCUT2D eigenvalue weighted by Crippen LogP contribution is -2.18. The first-order valence-corrected chi connectivity index (χ1v) is 4.96. The minimum absolute atomic E-state index is 0.148. The quantitative estimate of drug-likeness (QED) is 0.646. The zero-order valence-electron chi connectivity index (χ0n) is 8.56. The number of rotatable bonds is 0. The van der Waals surface area contributed by atoms with Gasteiger partial charge in [0, 0.05) is 12.8 Å². The van der Waals surface area contributed by atoms with Gasteiger partial charge in [0.05, 0.1) is 17.4 Å². The lowest BCUT2D eigenvalue weighted by atomic mass is 10.3. The maximum atomic E-state index is 10.1. The van der Waals surface area contributed by atoms with E-state index in [1.807, 2.05) is 24.3 Å². The van der Waals surface area contributed by atoms with E-state index in [0.29, 0.717) is 12.8 Å². The highest BCUT2D eigenvalue weighted by molar-refractivity contribution is 6.01. The van der Waals surface area contributed by atoms with Crippen molar-refractivity contribution in [2.24, 2.45) is 0 Å². The molecule has 1 aromatic carbocycles. The maximum Gasteiger partial charge on any atom is 0.227 e. The second-order valence-electron chi connectivity index (χ2n) is 3.39. The van der Waals surface area contributed by atoms with Crippen molar-refractivity contribution in [2.75, 3.05) is 0 Å². The number of benzene rings is 1. The van der Waals surface area contributed by atoms with E-state index in [9.17, 15) is 9.59 Å². The van der Waals surface area contributed by atoms with E-state index >= 15 is 0 Å². The molecule has 2 aromatic rings. The molecule has 0 saturated carbocycles. The highest BCUT2D eigenvalue weighted by Crippen LogP contribution is 2.05. The van der Waals surface area contributed by atoms with Crippen molar-refractivity contribution in [3.63, 3.8) is 0 Å². The number of fused-ring (bicyclic) bond motifs is 1. The predicted molar refractivity (Wildman–Crippen MR) is 58.5 cm³/mol. The molecule has 5 nitrogen and oxygen atoms in total. The molecule has 1 aromatic heterocycles. The van der Waals surface area contributed by atoms with Crippen LogP contribution in [0.5, 0.6) is 0 Å². The van der Waals surface area contributed by atoms with E-state index in [4.69, 9.17) is 0 Å². The molecule has 82 valence electrons. The normalized spacial score (nSPS) is 14.5. The van der Waals surface area contributed by atoms with Crippen molar-refractivity contribution in [3.05, 3.63) is 30.6 Å². The third kappa shape index (κ3) is 2.44. The van der Waals surface area contributed by atoms with E-state index in [0.717, 1.165) is 11.0 Å². The van der Waals surface area contributed by atoms with Gasteiger partial charge in [0.25, 0.3) is 0 Å². The number of nitrogens with one attached hydrogen (secondary N) is 2. The summed E-state index contributed by atoms with van der Waals surface area (Å²) < 4.78 is 0. The van der Waals surface area contributed by atoms with Gasteiger partial charge in [0.1, 0.15) is 0 Å². The standard InChI is InChI=1S/C7H6N2.C4H5NO2/c1-2-4-7-6(3-1)8-5-9-7;6-3-1-2-4(7)5-3/h1-5H,(H,8,9);1-2H2,(H,5,6,7). The molecule has 0 bridgehead atoms. The van der Waals surface area contributed by atoms with Gasteiger partial charge in [-0.1, -0.05) is 12.1 Å². The van der Waals surface area contributed by atoms with Crippen molar-refractivity contribution >= 4 is 22.8 Å². The van der Waals surface area contributed by atoms with Gasteiger partial charge in [-0.3, -0.25) is 14.9 Å². The number of para-hydroxylation sites is 2. The fraction of sp³-hybridized carbons (Fsp3) is 0.182. The van der Waals surface area contributed by atoms with Crippen molar-refractivity contribution < 1.29 is 9.59 Å². The second kappa shape index (κ2) is 4.57. The van der Waals surface area contributed by atoms with E-state index in [2.05, 4.69) is 15.3 Å². The first-order chi connectivity index (χ1) is 7.75. The van der Waals surface area contributed by atoms with Crippen LogP contribution in [0.1, 0.15) is 12.8 Å². The third-order valence-corrected chi connectivity index (χ3v) is 2.19. The number of aromatic nitrogens is 2. The van der Waals surface area contributed by atoms with Crippen LogP contribution in [0.4, 0.5) is 0 Å². The molecule has 1 aliphatic rings. The van der Waals surface area contributed by atoms with E-state index in [1.54, 1.807) is 6.33 Å². The average molecular weight is 217 g/mol. The van der Waals surface area contributed by atoms with Gasteiger partial charge in [-0.25, -0.2) is 4.98 Å². The Morgan fingerprint density at radius 3 is 2.31 bits per heavy atom. The van der Waals surface area contributed by atoms with Crippen molar-refractivity contribution in [1.82, 2.24) is 15.3 Å². The number of hydrogen-bond donors (Lipinski definition) is 2. The molecule has 0 unspecified atom stereocenters. The molecule has 0 atom stereocenters. The number of aromatic amines is 1. The number of carbonyl (C=O) groups is 2. The number of hydrogen-bond acceptors (Lipinski definition) is 3. The van der Waals surface area contributed by atoms with Crippen molar-refractivity contribution in [1.29, 1.82) is 0 Å². The summed E-state index contributed by atoms with van der Waals surface area (Å²) in [6.45, 7) is 0. The highest BCUT2D eigenvalue weighted by atomic mass is 16.2. The molecule has 1 saturated heterocycles. The van der Waals surface area contributed by atoms with Gasteiger partial charge in [0.15, 0.2) is 0 Å². The smallest absolute Gasteiger partial charge is 0.227 e. The SMILES string of the molecule is O=C1CCC(=O)N1.c1ccc2[nH]cnc2c1. The number of nitrogens with zero attached hydrogens (tertiary/aromatic N) is 1. The first-order valence-electron chi connectivity index (χ1n) is 4.96. The Bertz CT molecular complexity index is 474. The lowest BCUT2D eigenvalue weighted by Gasteiger charge is -1.81. The molecule has 1 fully saturated rings. The Morgan fingerprint density at radius 1 is 1.06 bits per heavy atom. The Hall–Kier alpha value is -2.17. The molecule has 0 aliphatic carbocycles. The minimum atomic E-state index is -0.148. The number of H-pyrrole nitrogens is 1. The number of carbonyl (C=O) groups excluding carboxylic acids is 2. The summed E-state index contributed by atoms with van der Waals surface area (Å²) in [7, 11) is 0. The third-order valence-electron chi connectivity index (χ3n) is 2.19. The van der Waals surface area contributed by atoms with Crippen LogP contribution in [0.15, 0.2) is 30.6 Å². The number of imidazole rings is 1. The van der Waals surface area contributed by atoms with Crippen LogP contribution in [0.25, 0.3) is 11.0 Å². The molecular formula is C11H11N3O2. The summed E-state index contributed by atoms with van der Waals surface area (Å²) in [6.07, 6.45) is 2.45.